The first-order valence-corrected chi connectivity index (χ1v) is 12.1. The van der Waals surface area contributed by atoms with Crippen molar-refractivity contribution in [3.05, 3.63) is 108 Å². The first kappa shape index (κ1) is 27.5. The Morgan fingerprint density at radius 2 is 1.13 bits per heavy atom. The number of hydrogen-bond acceptors (Lipinski definition) is 10. The van der Waals surface area contributed by atoms with Gasteiger partial charge in [-0.15, -0.1) is 0 Å². The third kappa shape index (κ3) is 6.86. The molecule has 1 aliphatic heterocycles. The molecule has 0 spiro atoms. The SMILES string of the molecule is CC(=O)O[C@H]1O[C@H]([C@H](CO)OC(=O)c2ccccc2)[C@H](OC(=O)c2ccccc2)[C@H]1OC(=O)c1ccccc1. The normalized spacial score (nSPS) is 20.9. The molecule has 0 saturated carbocycles. The summed E-state index contributed by atoms with van der Waals surface area (Å²) >= 11 is 0. The van der Waals surface area contributed by atoms with Gasteiger partial charge >= 0.3 is 23.9 Å². The van der Waals surface area contributed by atoms with Gasteiger partial charge in [-0.3, -0.25) is 4.79 Å². The number of carbonyl (C=O) groups excluding carboxylic acids is 4. The quantitative estimate of drug-likeness (QED) is 0.322. The van der Waals surface area contributed by atoms with Crippen molar-refractivity contribution in [1.29, 1.82) is 0 Å². The maximum absolute atomic E-state index is 13.0. The number of rotatable bonds is 9. The second-order valence-electron chi connectivity index (χ2n) is 8.54. The van der Waals surface area contributed by atoms with E-state index in [9.17, 15) is 24.3 Å². The van der Waals surface area contributed by atoms with Gasteiger partial charge in [0.25, 0.3) is 0 Å². The Bertz CT molecular complexity index is 1280. The molecule has 5 atom stereocenters. The second-order valence-corrected chi connectivity index (χ2v) is 8.54. The number of hydrogen-bond donors (Lipinski definition) is 1. The summed E-state index contributed by atoms with van der Waals surface area (Å²) in [7, 11) is 0. The Morgan fingerprint density at radius 3 is 1.56 bits per heavy atom. The van der Waals surface area contributed by atoms with Gasteiger partial charge < -0.3 is 28.8 Å². The van der Waals surface area contributed by atoms with Gasteiger partial charge in [0, 0.05) is 6.92 Å². The van der Waals surface area contributed by atoms with E-state index in [4.69, 9.17) is 23.7 Å². The van der Waals surface area contributed by atoms with E-state index in [1.807, 2.05) is 0 Å². The standard InChI is InChI=1S/C29H26O10/c1-18(31)35-29-25(38-28(34)21-15-9-4-10-16-21)24(37-27(33)20-13-7-3-8-14-20)23(39-29)22(17-30)36-26(32)19-11-5-2-6-12-19/h2-16,22-25,29-30H,17H2,1H3/t22-,23+,24-,25+,29-/m0/s1. The summed E-state index contributed by atoms with van der Waals surface area (Å²) in [5, 5.41) is 10.2. The van der Waals surface area contributed by atoms with E-state index in [0.29, 0.717) is 0 Å². The van der Waals surface area contributed by atoms with Gasteiger partial charge in [0.1, 0.15) is 6.10 Å². The lowest BCUT2D eigenvalue weighted by atomic mass is 10.0. The zero-order valence-corrected chi connectivity index (χ0v) is 20.9. The van der Waals surface area contributed by atoms with E-state index in [1.54, 1.807) is 54.6 Å². The Hall–Kier alpha value is -4.54. The molecule has 0 unspecified atom stereocenters. The van der Waals surface area contributed by atoms with Crippen LogP contribution in [0.1, 0.15) is 38.0 Å². The number of esters is 4. The molecule has 4 rings (SSSR count). The van der Waals surface area contributed by atoms with E-state index >= 15 is 0 Å². The number of aliphatic hydroxyl groups is 1. The van der Waals surface area contributed by atoms with Crippen LogP contribution in [0, 0.1) is 0 Å². The van der Waals surface area contributed by atoms with Crippen molar-refractivity contribution in [2.75, 3.05) is 6.61 Å². The highest BCUT2D eigenvalue weighted by molar-refractivity contribution is 5.91. The zero-order valence-electron chi connectivity index (χ0n) is 20.9. The summed E-state index contributed by atoms with van der Waals surface area (Å²) in [6.45, 7) is 0.380. The first-order valence-electron chi connectivity index (χ1n) is 12.1. The van der Waals surface area contributed by atoms with Crippen LogP contribution in [0.25, 0.3) is 0 Å². The van der Waals surface area contributed by atoms with Gasteiger partial charge in [0.2, 0.25) is 12.4 Å². The monoisotopic (exact) mass is 534 g/mol. The van der Waals surface area contributed by atoms with E-state index in [0.717, 1.165) is 6.92 Å². The van der Waals surface area contributed by atoms with Gasteiger partial charge in [-0.2, -0.15) is 0 Å². The molecule has 0 bridgehead atoms. The van der Waals surface area contributed by atoms with Crippen molar-refractivity contribution >= 4 is 23.9 Å². The average Bonchev–Trinajstić information content (AvgIpc) is 3.28. The van der Waals surface area contributed by atoms with Gasteiger partial charge in [-0.25, -0.2) is 14.4 Å². The van der Waals surface area contributed by atoms with Crippen molar-refractivity contribution in [1.82, 2.24) is 0 Å². The lowest BCUT2D eigenvalue weighted by Crippen LogP contribution is -2.47. The Balaban J connectivity index is 1.66. The molecule has 202 valence electrons. The second kappa shape index (κ2) is 12.8. The maximum atomic E-state index is 13.0. The fourth-order valence-electron chi connectivity index (χ4n) is 3.99. The van der Waals surface area contributed by atoms with E-state index in [1.165, 1.54) is 36.4 Å². The van der Waals surface area contributed by atoms with Crippen molar-refractivity contribution in [2.24, 2.45) is 0 Å². The summed E-state index contributed by atoms with van der Waals surface area (Å²) in [4.78, 5) is 50.6. The molecule has 0 aromatic heterocycles. The minimum Gasteiger partial charge on any atom is -0.453 e. The molecule has 3 aromatic rings. The van der Waals surface area contributed by atoms with Crippen LogP contribution < -0.4 is 0 Å². The minimum absolute atomic E-state index is 0.183. The molecule has 1 aliphatic rings. The van der Waals surface area contributed by atoms with Gasteiger partial charge in [0.05, 0.1) is 23.3 Å². The summed E-state index contributed by atoms with van der Waals surface area (Å²) in [6, 6.07) is 24.0. The molecular formula is C29H26O10. The molecule has 0 amide bonds. The molecule has 1 heterocycles. The highest BCUT2D eigenvalue weighted by Gasteiger charge is 2.55. The van der Waals surface area contributed by atoms with E-state index in [-0.39, 0.29) is 16.7 Å². The summed E-state index contributed by atoms with van der Waals surface area (Å²) in [5.74, 6) is -3.15. The Kier molecular flexibility index (Phi) is 9.03. The van der Waals surface area contributed by atoms with Crippen LogP contribution >= 0.6 is 0 Å². The molecule has 0 aliphatic carbocycles. The maximum Gasteiger partial charge on any atom is 0.338 e. The number of ether oxygens (including phenoxy) is 5. The Labute approximate surface area is 224 Å². The molecule has 39 heavy (non-hydrogen) atoms. The molecule has 0 radical (unpaired) electrons. The summed E-state index contributed by atoms with van der Waals surface area (Å²) in [5.41, 5.74) is 0.572. The number of benzene rings is 3. The topological polar surface area (TPSA) is 135 Å². The third-order valence-electron chi connectivity index (χ3n) is 5.81. The minimum atomic E-state index is -1.53. The van der Waals surface area contributed by atoms with E-state index < -0.39 is 61.2 Å². The highest BCUT2D eigenvalue weighted by atomic mass is 16.8. The molecule has 10 nitrogen and oxygen atoms in total. The molecule has 1 fully saturated rings. The highest BCUT2D eigenvalue weighted by Crippen LogP contribution is 2.32. The summed E-state index contributed by atoms with van der Waals surface area (Å²) in [6.07, 6.45) is -7.17. The van der Waals surface area contributed by atoms with Crippen LogP contribution in [0.4, 0.5) is 0 Å². The predicted molar refractivity (Wildman–Crippen MR) is 134 cm³/mol. The van der Waals surface area contributed by atoms with Crippen LogP contribution in [0.5, 0.6) is 0 Å². The lowest BCUT2D eigenvalue weighted by molar-refractivity contribution is -0.193. The van der Waals surface area contributed by atoms with E-state index in [2.05, 4.69) is 0 Å². The predicted octanol–water partition coefficient (Wildman–Crippen LogP) is 2.94. The zero-order chi connectivity index (χ0) is 27.8. The fraction of sp³-hybridized carbons (Fsp3) is 0.241. The molecule has 10 heteroatoms. The van der Waals surface area contributed by atoms with Crippen molar-refractivity contribution in [3.63, 3.8) is 0 Å². The average molecular weight is 535 g/mol. The molecule has 3 aromatic carbocycles. The Morgan fingerprint density at radius 1 is 0.692 bits per heavy atom. The number of carbonyl (C=O) groups is 4. The molecule has 1 saturated heterocycles. The van der Waals surface area contributed by atoms with Crippen LogP contribution in [0.3, 0.4) is 0 Å². The summed E-state index contributed by atoms with van der Waals surface area (Å²) < 4.78 is 27.9. The van der Waals surface area contributed by atoms with Crippen molar-refractivity contribution in [2.45, 2.75) is 37.6 Å². The lowest BCUT2D eigenvalue weighted by Gasteiger charge is -2.27. The van der Waals surface area contributed by atoms with Crippen LogP contribution in [0.15, 0.2) is 91.0 Å². The molecule has 1 N–H and O–H groups in total. The van der Waals surface area contributed by atoms with Gasteiger partial charge in [-0.1, -0.05) is 54.6 Å². The number of aliphatic hydroxyl groups excluding tert-OH is 1. The largest absolute Gasteiger partial charge is 0.453 e. The molecular weight excluding hydrogens is 508 g/mol. The van der Waals surface area contributed by atoms with Gasteiger partial charge in [0.15, 0.2) is 12.2 Å². The van der Waals surface area contributed by atoms with Crippen molar-refractivity contribution in [3.8, 4) is 0 Å². The first-order chi connectivity index (χ1) is 18.9. The fourth-order valence-corrected chi connectivity index (χ4v) is 3.99. The third-order valence-corrected chi connectivity index (χ3v) is 5.81. The van der Waals surface area contributed by atoms with Crippen LogP contribution in [-0.4, -0.2) is 66.3 Å². The van der Waals surface area contributed by atoms with Crippen LogP contribution in [0.2, 0.25) is 0 Å². The van der Waals surface area contributed by atoms with Gasteiger partial charge in [-0.05, 0) is 36.4 Å². The van der Waals surface area contributed by atoms with Crippen LogP contribution in [-0.2, 0) is 28.5 Å². The smallest absolute Gasteiger partial charge is 0.338 e. The van der Waals surface area contributed by atoms with Crippen molar-refractivity contribution < 1.29 is 48.0 Å².